The van der Waals surface area contributed by atoms with Crippen LogP contribution >= 0.6 is 0 Å². The molecular formula is C17H24N4. The summed E-state index contributed by atoms with van der Waals surface area (Å²) in [7, 11) is 0. The molecule has 2 aliphatic rings. The summed E-state index contributed by atoms with van der Waals surface area (Å²) in [4.78, 5) is 7.14. The lowest BCUT2D eigenvalue weighted by atomic mass is 9.97. The Kier molecular flexibility index (Phi) is 4.12. The van der Waals surface area contributed by atoms with E-state index in [-0.39, 0.29) is 0 Å². The van der Waals surface area contributed by atoms with E-state index in [1.807, 2.05) is 19.9 Å². The van der Waals surface area contributed by atoms with Crippen LogP contribution in [0.2, 0.25) is 0 Å². The van der Waals surface area contributed by atoms with E-state index in [9.17, 15) is 5.26 Å². The first-order chi connectivity index (χ1) is 10.2. The molecule has 2 heterocycles. The quantitative estimate of drug-likeness (QED) is 0.923. The SMILES string of the molecule is Cc1cc(C)c(C#N)c(N(CC2CCNCC2)C2CC2)n1. The molecule has 4 heteroatoms. The van der Waals surface area contributed by atoms with Crippen LogP contribution in [-0.2, 0) is 0 Å². The lowest BCUT2D eigenvalue weighted by Gasteiger charge is -2.32. The van der Waals surface area contributed by atoms with E-state index in [0.717, 1.165) is 48.2 Å². The predicted molar refractivity (Wildman–Crippen MR) is 84.4 cm³/mol. The summed E-state index contributed by atoms with van der Waals surface area (Å²) < 4.78 is 0. The van der Waals surface area contributed by atoms with Crippen molar-refractivity contribution in [2.75, 3.05) is 24.5 Å². The maximum Gasteiger partial charge on any atom is 0.147 e. The molecule has 0 radical (unpaired) electrons. The first kappa shape index (κ1) is 14.3. The van der Waals surface area contributed by atoms with Crippen molar-refractivity contribution in [2.45, 2.75) is 45.6 Å². The maximum atomic E-state index is 9.52. The molecule has 4 nitrogen and oxygen atoms in total. The van der Waals surface area contributed by atoms with Crippen molar-refractivity contribution in [1.29, 1.82) is 5.26 Å². The molecule has 1 aliphatic heterocycles. The summed E-state index contributed by atoms with van der Waals surface area (Å²) in [5.41, 5.74) is 2.83. The van der Waals surface area contributed by atoms with Gasteiger partial charge in [0.05, 0.1) is 5.56 Å². The third-order valence-electron chi connectivity index (χ3n) is 4.61. The molecular weight excluding hydrogens is 260 g/mol. The van der Waals surface area contributed by atoms with E-state index in [1.165, 1.54) is 25.7 Å². The highest BCUT2D eigenvalue weighted by atomic mass is 15.2. The van der Waals surface area contributed by atoms with Crippen molar-refractivity contribution in [3.8, 4) is 6.07 Å². The van der Waals surface area contributed by atoms with Gasteiger partial charge < -0.3 is 10.2 Å². The Hall–Kier alpha value is -1.60. The van der Waals surface area contributed by atoms with Gasteiger partial charge in [0.1, 0.15) is 11.9 Å². The highest BCUT2D eigenvalue weighted by Crippen LogP contribution is 2.35. The topological polar surface area (TPSA) is 52.0 Å². The molecule has 21 heavy (non-hydrogen) atoms. The zero-order valence-corrected chi connectivity index (χ0v) is 13.0. The largest absolute Gasteiger partial charge is 0.352 e. The van der Waals surface area contributed by atoms with Crippen LogP contribution in [0.15, 0.2) is 6.07 Å². The zero-order chi connectivity index (χ0) is 14.8. The number of hydrogen-bond acceptors (Lipinski definition) is 4. The first-order valence-corrected chi connectivity index (χ1v) is 8.04. The number of nitrogens with zero attached hydrogens (tertiary/aromatic N) is 3. The van der Waals surface area contributed by atoms with E-state index < -0.39 is 0 Å². The molecule has 3 rings (SSSR count). The van der Waals surface area contributed by atoms with Crippen LogP contribution in [0, 0.1) is 31.1 Å². The van der Waals surface area contributed by atoms with Gasteiger partial charge in [-0.3, -0.25) is 0 Å². The van der Waals surface area contributed by atoms with Crippen molar-refractivity contribution in [3.05, 3.63) is 22.9 Å². The number of aromatic nitrogens is 1. The van der Waals surface area contributed by atoms with Gasteiger partial charge in [-0.1, -0.05) is 0 Å². The highest BCUT2D eigenvalue weighted by Gasteiger charge is 2.33. The number of rotatable bonds is 4. The second-order valence-electron chi connectivity index (χ2n) is 6.47. The number of pyridine rings is 1. The monoisotopic (exact) mass is 284 g/mol. The Morgan fingerprint density at radius 3 is 2.62 bits per heavy atom. The molecule has 1 saturated heterocycles. The molecule has 1 aliphatic carbocycles. The van der Waals surface area contributed by atoms with Crippen LogP contribution in [0.1, 0.15) is 42.5 Å². The standard InChI is InChI=1S/C17H24N4/c1-12-9-13(2)20-17(16(12)10-18)21(15-3-4-15)11-14-5-7-19-8-6-14/h9,14-15,19H,3-8,11H2,1-2H3. The van der Waals surface area contributed by atoms with Gasteiger partial charge in [-0.25, -0.2) is 4.98 Å². The van der Waals surface area contributed by atoms with E-state index >= 15 is 0 Å². The minimum absolute atomic E-state index is 0.598. The van der Waals surface area contributed by atoms with Crippen molar-refractivity contribution >= 4 is 5.82 Å². The van der Waals surface area contributed by atoms with E-state index in [2.05, 4.69) is 16.3 Å². The van der Waals surface area contributed by atoms with Crippen LogP contribution in [0.5, 0.6) is 0 Å². The number of anilines is 1. The molecule has 1 aromatic heterocycles. The molecule has 112 valence electrons. The fourth-order valence-electron chi connectivity index (χ4n) is 3.30. The summed E-state index contributed by atoms with van der Waals surface area (Å²) in [5, 5.41) is 12.9. The second-order valence-corrected chi connectivity index (χ2v) is 6.47. The lowest BCUT2D eigenvalue weighted by molar-refractivity contribution is 0.372. The van der Waals surface area contributed by atoms with Gasteiger partial charge in [-0.2, -0.15) is 5.26 Å². The Morgan fingerprint density at radius 1 is 1.29 bits per heavy atom. The summed E-state index contributed by atoms with van der Waals surface area (Å²) in [5.74, 6) is 1.65. The molecule has 0 atom stereocenters. The minimum Gasteiger partial charge on any atom is -0.352 e. The lowest BCUT2D eigenvalue weighted by Crippen LogP contribution is -2.38. The maximum absolute atomic E-state index is 9.52. The summed E-state index contributed by atoms with van der Waals surface area (Å²) in [6, 6.07) is 4.98. The van der Waals surface area contributed by atoms with Gasteiger partial charge in [0.2, 0.25) is 0 Å². The molecule has 0 bridgehead atoms. The smallest absolute Gasteiger partial charge is 0.147 e. The Bertz CT molecular complexity index is 551. The van der Waals surface area contributed by atoms with Crippen LogP contribution < -0.4 is 10.2 Å². The molecule has 0 spiro atoms. The second kappa shape index (κ2) is 6.03. The van der Waals surface area contributed by atoms with Gasteiger partial charge in [-0.05, 0) is 70.2 Å². The van der Waals surface area contributed by atoms with Gasteiger partial charge in [0, 0.05) is 18.3 Å². The van der Waals surface area contributed by atoms with Crippen molar-refractivity contribution < 1.29 is 0 Å². The number of aryl methyl sites for hydroxylation is 2. The normalized spacial score (nSPS) is 19.3. The van der Waals surface area contributed by atoms with Crippen molar-refractivity contribution in [2.24, 2.45) is 5.92 Å². The summed E-state index contributed by atoms with van der Waals surface area (Å²) >= 11 is 0. The third-order valence-corrected chi connectivity index (χ3v) is 4.61. The Morgan fingerprint density at radius 2 is 2.00 bits per heavy atom. The predicted octanol–water partition coefficient (Wildman–Crippen LogP) is 2.54. The van der Waals surface area contributed by atoms with Crippen molar-refractivity contribution in [1.82, 2.24) is 10.3 Å². The van der Waals surface area contributed by atoms with E-state index in [0.29, 0.717) is 6.04 Å². The van der Waals surface area contributed by atoms with Gasteiger partial charge in [0.15, 0.2) is 0 Å². The molecule has 1 N–H and O–H groups in total. The van der Waals surface area contributed by atoms with Crippen LogP contribution in [-0.4, -0.2) is 30.7 Å². The molecule has 1 saturated carbocycles. The number of nitrogens with one attached hydrogen (secondary N) is 1. The van der Waals surface area contributed by atoms with Crippen LogP contribution in [0.3, 0.4) is 0 Å². The van der Waals surface area contributed by atoms with Crippen LogP contribution in [0.25, 0.3) is 0 Å². The summed E-state index contributed by atoms with van der Waals surface area (Å²) in [6.45, 7) is 7.33. The average Bonchev–Trinajstić information content (AvgIpc) is 3.30. The fraction of sp³-hybridized carbons (Fsp3) is 0.647. The molecule has 2 fully saturated rings. The highest BCUT2D eigenvalue weighted by molar-refractivity contribution is 5.59. The van der Waals surface area contributed by atoms with E-state index in [1.54, 1.807) is 0 Å². The first-order valence-electron chi connectivity index (χ1n) is 8.04. The van der Waals surface area contributed by atoms with Crippen molar-refractivity contribution in [3.63, 3.8) is 0 Å². The summed E-state index contributed by atoms with van der Waals surface area (Å²) in [6.07, 6.45) is 4.95. The average molecular weight is 284 g/mol. The Balaban J connectivity index is 1.88. The van der Waals surface area contributed by atoms with Gasteiger partial charge in [-0.15, -0.1) is 0 Å². The fourth-order valence-corrected chi connectivity index (χ4v) is 3.30. The molecule has 0 aromatic carbocycles. The van der Waals surface area contributed by atoms with E-state index in [4.69, 9.17) is 4.98 Å². The van der Waals surface area contributed by atoms with Crippen LogP contribution in [0.4, 0.5) is 5.82 Å². The number of piperidine rings is 1. The molecule has 0 unspecified atom stereocenters. The zero-order valence-electron chi connectivity index (χ0n) is 13.0. The Labute approximate surface area is 127 Å². The minimum atomic E-state index is 0.598. The third kappa shape index (κ3) is 3.19. The molecule has 1 aromatic rings. The van der Waals surface area contributed by atoms with Gasteiger partial charge in [0.25, 0.3) is 0 Å². The molecule has 0 amide bonds. The number of nitriles is 1. The van der Waals surface area contributed by atoms with Gasteiger partial charge >= 0.3 is 0 Å². The number of hydrogen-bond donors (Lipinski definition) is 1.